The summed E-state index contributed by atoms with van der Waals surface area (Å²) < 4.78 is 5.34. The van der Waals surface area contributed by atoms with Gasteiger partial charge in [0, 0.05) is 32.2 Å². The zero-order valence-corrected chi connectivity index (χ0v) is 12.5. The second-order valence-corrected chi connectivity index (χ2v) is 6.72. The SMILES string of the molecule is CC1CCC(NCC(C)(O)CN2CCOCC2)CC1. The van der Waals surface area contributed by atoms with Gasteiger partial charge in [-0.05, 0) is 38.5 Å². The van der Waals surface area contributed by atoms with E-state index in [-0.39, 0.29) is 0 Å². The van der Waals surface area contributed by atoms with Gasteiger partial charge in [0.25, 0.3) is 0 Å². The Hall–Kier alpha value is -0.160. The van der Waals surface area contributed by atoms with Crippen LogP contribution in [0, 0.1) is 5.92 Å². The van der Waals surface area contributed by atoms with Crippen molar-refractivity contribution in [3.8, 4) is 0 Å². The van der Waals surface area contributed by atoms with Crippen molar-refractivity contribution in [1.82, 2.24) is 10.2 Å². The van der Waals surface area contributed by atoms with Crippen molar-refractivity contribution in [1.29, 1.82) is 0 Å². The number of morpholine rings is 1. The van der Waals surface area contributed by atoms with Gasteiger partial charge in [-0.3, -0.25) is 4.90 Å². The fourth-order valence-electron chi connectivity index (χ4n) is 3.13. The summed E-state index contributed by atoms with van der Waals surface area (Å²) in [7, 11) is 0. The summed E-state index contributed by atoms with van der Waals surface area (Å²) in [5.74, 6) is 0.881. The van der Waals surface area contributed by atoms with E-state index in [1.165, 1.54) is 25.7 Å². The molecule has 0 radical (unpaired) electrons. The summed E-state index contributed by atoms with van der Waals surface area (Å²) in [5.41, 5.74) is -0.638. The Morgan fingerprint density at radius 1 is 1.21 bits per heavy atom. The summed E-state index contributed by atoms with van der Waals surface area (Å²) in [6.45, 7) is 9.20. The van der Waals surface area contributed by atoms with Crippen LogP contribution < -0.4 is 5.32 Å². The van der Waals surface area contributed by atoms with Crippen molar-refractivity contribution < 1.29 is 9.84 Å². The highest BCUT2D eigenvalue weighted by Crippen LogP contribution is 2.23. The number of ether oxygens (including phenoxy) is 1. The molecule has 0 amide bonds. The van der Waals surface area contributed by atoms with Gasteiger partial charge in [-0.2, -0.15) is 0 Å². The second kappa shape index (κ2) is 7.02. The van der Waals surface area contributed by atoms with Crippen molar-refractivity contribution in [2.45, 2.75) is 51.2 Å². The van der Waals surface area contributed by atoms with Gasteiger partial charge in [0.1, 0.15) is 0 Å². The molecule has 1 aliphatic carbocycles. The normalized spacial score (nSPS) is 33.0. The van der Waals surface area contributed by atoms with E-state index in [2.05, 4.69) is 17.1 Å². The molecule has 4 heteroatoms. The largest absolute Gasteiger partial charge is 0.388 e. The maximum absolute atomic E-state index is 10.5. The molecule has 1 saturated heterocycles. The van der Waals surface area contributed by atoms with E-state index in [9.17, 15) is 5.11 Å². The molecule has 2 fully saturated rings. The van der Waals surface area contributed by atoms with Crippen LogP contribution in [-0.4, -0.2) is 61.0 Å². The molecule has 0 aromatic heterocycles. The molecule has 0 aromatic rings. The molecule has 0 bridgehead atoms. The molecule has 1 saturated carbocycles. The lowest BCUT2D eigenvalue weighted by Crippen LogP contribution is -2.52. The van der Waals surface area contributed by atoms with Crippen LogP contribution in [0.15, 0.2) is 0 Å². The van der Waals surface area contributed by atoms with Crippen molar-refractivity contribution in [3.05, 3.63) is 0 Å². The van der Waals surface area contributed by atoms with Gasteiger partial charge in [0.2, 0.25) is 0 Å². The minimum atomic E-state index is -0.638. The van der Waals surface area contributed by atoms with E-state index in [0.717, 1.165) is 38.8 Å². The molecule has 2 N–H and O–H groups in total. The van der Waals surface area contributed by atoms with E-state index in [1.807, 2.05) is 6.92 Å². The molecule has 4 nitrogen and oxygen atoms in total. The number of hydrogen-bond acceptors (Lipinski definition) is 4. The molecule has 1 atom stereocenters. The third-order valence-corrected chi connectivity index (χ3v) is 4.46. The van der Waals surface area contributed by atoms with Crippen LogP contribution in [0.5, 0.6) is 0 Å². The smallest absolute Gasteiger partial charge is 0.0869 e. The van der Waals surface area contributed by atoms with Gasteiger partial charge < -0.3 is 15.2 Å². The van der Waals surface area contributed by atoms with Crippen LogP contribution in [0.25, 0.3) is 0 Å². The highest BCUT2D eigenvalue weighted by molar-refractivity contribution is 4.84. The number of aliphatic hydroxyl groups is 1. The van der Waals surface area contributed by atoms with Crippen LogP contribution in [0.1, 0.15) is 39.5 Å². The molecule has 2 rings (SSSR count). The van der Waals surface area contributed by atoms with Crippen molar-refractivity contribution >= 4 is 0 Å². The Morgan fingerprint density at radius 3 is 2.47 bits per heavy atom. The van der Waals surface area contributed by atoms with Gasteiger partial charge in [-0.25, -0.2) is 0 Å². The van der Waals surface area contributed by atoms with Crippen LogP contribution in [0.3, 0.4) is 0 Å². The van der Waals surface area contributed by atoms with Gasteiger partial charge in [-0.1, -0.05) is 6.92 Å². The average molecular weight is 270 g/mol. The van der Waals surface area contributed by atoms with E-state index >= 15 is 0 Å². The molecule has 112 valence electrons. The Morgan fingerprint density at radius 2 is 1.84 bits per heavy atom. The van der Waals surface area contributed by atoms with Crippen LogP contribution in [-0.2, 0) is 4.74 Å². The molecule has 1 heterocycles. The van der Waals surface area contributed by atoms with Crippen LogP contribution in [0.4, 0.5) is 0 Å². The van der Waals surface area contributed by atoms with Crippen molar-refractivity contribution in [3.63, 3.8) is 0 Å². The monoisotopic (exact) mass is 270 g/mol. The third-order valence-electron chi connectivity index (χ3n) is 4.46. The summed E-state index contributed by atoms with van der Waals surface area (Å²) in [5, 5.41) is 14.1. The predicted octanol–water partition coefficient (Wildman–Crippen LogP) is 1.24. The summed E-state index contributed by atoms with van der Waals surface area (Å²) >= 11 is 0. The van der Waals surface area contributed by atoms with E-state index < -0.39 is 5.60 Å². The van der Waals surface area contributed by atoms with E-state index in [1.54, 1.807) is 0 Å². The Bertz CT molecular complexity index is 257. The topological polar surface area (TPSA) is 44.7 Å². The molecule has 19 heavy (non-hydrogen) atoms. The number of nitrogens with zero attached hydrogens (tertiary/aromatic N) is 1. The molecule has 0 spiro atoms. The van der Waals surface area contributed by atoms with Gasteiger partial charge in [0.15, 0.2) is 0 Å². The van der Waals surface area contributed by atoms with Gasteiger partial charge in [-0.15, -0.1) is 0 Å². The number of nitrogens with one attached hydrogen (secondary N) is 1. The number of rotatable bonds is 5. The lowest BCUT2D eigenvalue weighted by Gasteiger charge is -2.35. The Balaban J connectivity index is 1.67. The lowest BCUT2D eigenvalue weighted by atomic mass is 9.87. The van der Waals surface area contributed by atoms with Gasteiger partial charge >= 0.3 is 0 Å². The minimum absolute atomic E-state index is 0.604. The molecule has 2 aliphatic rings. The van der Waals surface area contributed by atoms with Crippen LogP contribution >= 0.6 is 0 Å². The number of hydrogen-bond donors (Lipinski definition) is 2. The first-order chi connectivity index (χ1) is 9.05. The van der Waals surface area contributed by atoms with Crippen molar-refractivity contribution in [2.24, 2.45) is 5.92 Å². The zero-order valence-electron chi connectivity index (χ0n) is 12.5. The average Bonchev–Trinajstić information content (AvgIpc) is 2.39. The maximum atomic E-state index is 10.5. The quantitative estimate of drug-likeness (QED) is 0.789. The first-order valence-corrected chi connectivity index (χ1v) is 7.81. The second-order valence-electron chi connectivity index (χ2n) is 6.72. The standard InChI is InChI=1S/C15H30N2O2/c1-13-3-5-14(6-4-13)16-11-15(2,18)12-17-7-9-19-10-8-17/h13-14,16,18H,3-12H2,1-2H3. The molecule has 1 aliphatic heterocycles. The lowest BCUT2D eigenvalue weighted by molar-refractivity contribution is -0.0234. The first kappa shape index (κ1) is 15.2. The predicted molar refractivity (Wildman–Crippen MR) is 77.3 cm³/mol. The summed E-state index contributed by atoms with van der Waals surface area (Å²) in [6, 6.07) is 0.604. The summed E-state index contributed by atoms with van der Waals surface area (Å²) in [6.07, 6.45) is 5.16. The highest BCUT2D eigenvalue weighted by Gasteiger charge is 2.27. The zero-order chi connectivity index (χ0) is 13.7. The fourth-order valence-corrected chi connectivity index (χ4v) is 3.13. The first-order valence-electron chi connectivity index (χ1n) is 7.81. The minimum Gasteiger partial charge on any atom is -0.388 e. The highest BCUT2D eigenvalue weighted by atomic mass is 16.5. The van der Waals surface area contributed by atoms with E-state index in [0.29, 0.717) is 12.6 Å². The van der Waals surface area contributed by atoms with Crippen LogP contribution in [0.2, 0.25) is 0 Å². The maximum Gasteiger partial charge on any atom is 0.0869 e. The summed E-state index contributed by atoms with van der Waals surface area (Å²) in [4.78, 5) is 2.30. The Kier molecular flexibility index (Phi) is 5.63. The Labute approximate surface area is 117 Å². The number of β-amino-alcohol motifs (C(OH)–C–C–N with tert-alkyl or cyclic N) is 1. The molecular formula is C15H30N2O2. The molecular weight excluding hydrogens is 240 g/mol. The third kappa shape index (κ3) is 5.38. The van der Waals surface area contributed by atoms with Crippen molar-refractivity contribution in [2.75, 3.05) is 39.4 Å². The van der Waals surface area contributed by atoms with E-state index in [4.69, 9.17) is 4.74 Å². The molecule has 0 aromatic carbocycles. The fraction of sp³-hybridized carbons (Fsp3) is 1.00. The van der Waals surface area contributed by atoms with Gasteiger partial charge in [0.05, 0.1) is 18.8 Å². The molecule has 1 unspecified atom stereocenters.